The molecule has 0 aliphatic rings. The minimum Gasteiger partial charge on any atom is -0.393 e. The van der Waals surface area contributed by atoms with Crippen LogP contribution in [0.15, 0.2) is 0 Å². The summed E-state index contributed by atoms with van der Waals surface area (Å²) in [4.78, 5) is 13.3. The molecule has 0 radical (unpaired) electrons. The Bertz CT molecular complexity index is 231. The SMILES string of the molecule is CC(C)CN(CC(N)=O)CC(C)C(N)=S. The molecule has 1 atom stereocenters. The number of amides is 1. The lowest BCUT2D eigenvalue weighted by Crippen LogP contribution is -2.41. The molecule has 1 amide bonds. The molecule has 4 N–H and O–H groups in total. The fraction of sp³-hybridized carbons (Fsp3) is 0.800. The van der Waals surface area contributed by atoms with Crippen molar-refractivity contribution in [2.24, 2.45) is 23.3 Å². The summed E-state index contributed by atoms with van der Waals surface area (Å²) in [6, 6.07) is 0. The first kappa shape index (κ1) is 14.3. The van der Waals surface area contributed by atoms with Gasteiger partial charge in [0.2, 0.25) is 5.91 Å². The Balaban J connectivity index is 4.23. The Kier molecular flexibility index (Phi) is 6.43. The molecule has 0 aliphatic heterocycles. The maximum Gasteiger partial charge on any atom is 0.231 e. The highest BCUT2D eigenvalue weighted by Crippen LogP contribution is 2.04. The molecule has 1 unspecified atom stereocenters. The first-order chi connectivity index (χ1) is 6.82. The third-order valence-corrected chi connectivity index (χ3v) is 2.42. The molecule has 5 heteroatoms. The van der Waals surface area contributed by atoms with Crippen molar-refractivity contribution in [2.45, 2.75) is 20.8 Å². The van der Waals surface area contributed by atoms with Crippen LogP contribution in [0, 0.1) is 11.8 Å². The molecular formula is C10H21N3OS. The van der Waals surface area contributed by atoms with Crippen molar-refractivity contribution in [3.8, 4) is 0 Å². The van der Waals surface area contributed by atoms with Crippen LogP contribution in [0.2, 0.25) is 0 Å². The van der Waals surface area contributed by atoms with Crippen LogP contribution in [-0.4, -0.2) is 35.4 Å². The number of nitrogens with two attached hydrogens (primary N) is 2. The molecule has 4 nitrogen and oxygen atoms in total. The summed E-state index contributed by atoms with van der Waals surface area (Å²) in [5, 5.41) is 0. The second kappa shape index (κ2) is 6.74. The van der Waals surface area contributed by atoms with Crippen molar-refractivity contribution in [2.75, 3.05) is 19.6 Å². The van der Waals surface area contributed by atoms with Gasteiger partial charge in [-0.05, 0) is 5.92 Å². The van der Waals surface area contributed by atoms with Gasteiger partial charge < -0.3 is 11.5 Å². The first-order valence-electron chi connectivity index (χ1n) is 5.13. The average molecular weight is 231 g/mol. The van der Waals surface area contributed by atoms with Gasteiger partial charge in [-0.15, -0.1) is 0 Å². The number of carbonyl (C=O) groups is 1. The van der Waals surface area contributed by atoms with Crippen molar-refractivity contribution >= 4 is 23.1 Å². The van der Waals surface area contributed by atoms with Gasteiger partial charge in [-0.1, -0.05) is 33.0 Å². The Morgan fingerprint density at radius 1 is 1.27 bits per heavy atom. The highest BCUT2D eigenvalue weighted by atomic mass is 32.1. The summed E-state index contributed by atoms with van der Waals surface area (Å²) in [6.45, 7) is 7.94. The van der Waals surface area contributed by atoms with Crippen molar-refractivity contribution in [1.82, 2.24) is 4.90 Å². The van der Waals surface area contributed by atoms with Crippen LogP contribution < -0.4 is 11.5 Å². The molecule has 0 aliphatic carbocycles. The lowest BCUT2D eigenvalue weighted by Gasteiger charge is -2.25. The van der Waals surface area contributed by atoms with E-state index in [1.54, 1.807) is 0 Å². The van der Waals surface area contributed by atoms with E-state index < -0.39 is 0 Å². The van der Waals surface area contributed by atoms with Crippen molar-refractivity contribution in [3.63, 3.8) is 0 Å². The summed E-state index contributed by atoms with van der Waals surface area (Å²) in [7, 11) is 0. The minimum atomic E-state index is -0.314. The maximum absolute atomic E-state index is 10.9. The molecule has 0 aromatic carbocycles. The van der Waals surface area contributed by atoms with E-state index in [1.165, 1.54) is 0 Å². The second-order valence-electron chi connectivity index (χ2n) is 4.36. The Labute approximate surface area is 97.0 Å². The van der Waals surface area contributed by atoms with E-state index in [9.17, 15) is 4.79 Å². The van der Waals surface area contributed by atoms with Gasteiger partial charge in [0.1, 0.15) is 0 Å². The van der Waals surface area contributed by atoms with Crippen LogP contribution in [0.25, 0.3) is 0 Å². The quantitative estimate of drug-likeness (QED) is 0.620. The van der Waals surface area contributed by atoms with Gasteiger partial charge in [-0.2, -0.15) is 0 Å². The Morgan fingerprint density at radius 3 is 2.13 bits per heavy atom. The van der Waals surface area contributed by atoms with Crippen LogP contribution in [0.1, 0.15) is 20.8 Å². The van der Waals surface area contributed by atoms with E-state index in [0.29, 0.717) is 17.5 Å². The molecule has 88 valence electrons. The largest absolute Gasteiger partial charge is 0.393 e. The molecule has 0 saturated carbocycles. The number of hydrogen-bond acceptors (Lipinski definition) is 3. The first-order valence-corrected chi connectivity index (χ1v) is 5.53. The fourth-order valence-electron chi connectivity index (χ4n) is 1.42. The monoisotopic (exact) mass is 231 g/mol. The topological polar surface area (TPSA) is 72.3 Å². The normalized spacial score (nSPS) is 13.1. The van der Waals surface area contributed by atoms with Gasteiger partial charge in [0.05, 0.1) is 11.5 Å². The van der Waals surface area contributed by atoms with Crippen LogP contribution in [0.3, 0.4) is 0 Å². The predicted molar refractivity (Wildman–Crippen MR) is 66.4 cm³/mol. The molecule has 0 fully saturated rings. The van der Waals surface area contributed by atoms with Crippen molar-refractivity contribution in [3.05, 3.63) is 0 Å². The molecule has 0 aromatic heterocycles. The number of carbonyl (C=O) groups excluding carboxylic acids is 1. The van der Waals surface area contributed by atoms with Crippen molar-refractivity contribution < 1.29 is 4.79 Å². The van der Waals surface area contributed by atoms with Gasteiger partial charge in [-0.25, -0.2) is 0 Å². The van der Waals surface area contributed by atoms with Gasteiger partial charge >= 0.3 is 0 Å². The van der Waals surface area contributed by atoms with E-state index in [4.69, 9.17) is 23.7 Å². The summed E-state index contributed by atoms with van der Waals surface area (Å²) >= 11 is 4.90. The van der Waals surface area contributed by atoms with E-state index in [0.717, 1.165) is 6.54 Å². The van der Waals surface area contributed by atoms with Crippen LogP contribution in [-0.2, 0) is 4.79 Å². The smallest absolute Gasteiger partial charge is 0.231 e. The molecule has 0 heterocycles. The van der Waals surface area contributed by atoms with E-state index in [-0.39, 0.29) is 18.4 Å². The Hall–Kier alpha value is -0.680. The number of nitrogens with zero attached hydrogens (tertiary/aromatic N) is 1. The zero-order valence-corrected chi connectivity index (χ0v) is 10.5. The van der Waals surface area contributed by atoms with E-state index in [1.807, 2.05) is 11.8 Å². The Morgan fingerprint density at radius 2 is 1.80 bits per heavy atom. The third kappa shape index (κ3) is 7.27. The standard InChI is InChI=1S/C10H21N3OS/c1-7(2)4-13(6-9(11)14)5-8(3)10(12)15/h7-8H,4-6H2,1-3H3,(H2,11,14)(H2,12,15). The highest BCUT2D eigenvalue weighted by molar-refractivity contribution is 7.80. The number of hydrogen-bond donors (Lipinski definition) is 2. The zero-order valence-electron chi connectivity index (χ0n) is 9.69. The highest BCUT2D eigenvalue weighted by Gasteiger charge is 2.15. The zero-order chi connectivity index (χ0) is 12.0. The van der Waals surface area contributed by atoms with E-state index in [2.05, 4.69) is 13.8 Å². The molecule has 0 aromatic rings. The number of rotatable bonds is 7. The molecular weight excluding hydrogens is 210 g/mol. The van der Waals surface area contributed by atoms with Crippen LogP contribution in [0.5, 0.6) is 0 Å². The summed E-state index contributed by atoms with van der Waals surface area (Å²) in [6.07, 6.45) is 0. The fourth-order valence-corrected chi connectivity index (χ4v) is 1.49. The molecule has 0 bridgehead atoms. The van der Waals surface area contributed by atoms with Crippen LogP contribution >= 0.6 is 12.2 Å². The third-order valence-electron chi connectivity index (χ3n) is 2.02. The van der Waals surface area contributed by atoms with Crippen LogP contribution in [0.4, 0.5) is 0 Å². The minimum absolute atomic E-state index is 0.109. The number of thiocarbonyl (C=S) groups is 1. The molecule has 0 spiro atoms. The number of primary amides is 1. The lowest BCUT2D eigenvalue weighted by atomic mass is 10.1. The van der Waals surface area contributed by atoms with Gasteiger partial charge in [-0.3, -0.25) is 9.69 Å². The summed E-state index contributed by atoms with van der Waals surface area (Å²) < 4.78 is 0. The summed E-state index contributed by atoms with van der Waals surface area (Å²) in [5.74, 6) is 0.284. The second-order valence-corrected chi connectivity index (χ2v) is 4.83. The van der Waals surface area contributed by atoms with Gasteiger partial charge in [0.25, 0.3) is 0 Å². The maximum atomic E-state index is 10.9. The molecule has 15 heavy (non-hydrogen) atoms. The van der Waals surface area contributed by atoms with E-state index >= 15 is 0 Å². The summed E-state index contributed by atoms with van der Waals surface area (Å²) in [5.41, 5.74) is 10.7. The van der Waals surface area contributed by atoms with Crippen molar-refractivity contribution in [1.29, 1.82) is 0 Å². The lowest BCUT2D eigenvalue weighted by molar-refractivity contribution is -0.119. The van der Waals surface area contributed by atoms with Gasteiger partial charge in [0, 0.05) is 19.0 Å². The predicted octanol–water partition coefficient (Wildman–Crippen LogP) is 0.352. The molecule has 0 saturated heterocycles. The molecule has 0 rings (SSSR count). The average Bonchev–Trinajstić information content (AvgIpc) is 2.00. The van der Waals surface area contributed by atoms with Gasteiger partial charge in [0.15, 0.2) is 0 Å².